The maximum absolute atomic E-state index is 11.5. The molecule has 0 aliphatic heterocycles. The minimum Gasteiger partial charge on any atom is -0.461 e. The third kappa shape index (κ3) is 8.42. The molecule has 7 heteroatoms. The fraction of sp³-hybridized carbons (Fsp3) is 0.333. The van der Waals surface area contributed by atoms with E-state index in [1.165, 1.54) is 11.9 Å². The van der Waals surface area contributed by atoms with Gasteiger partial charge in [-0.3, -0.25) is 0 Å². The number of esters is 2. The van der Waals surface area contributed by atoms with Crippen molar-refractivity contribution in [3.63, 3.8) is 0 Å². The summed E-state index contributed by atoms with van der Waals surface area (Å²) in [5.74, 6) is -0.850. The lowest BCUT2D eigenvalue weighted by Crippen LogP contribution is -2.27. The number of carbonyl (C=O) groups excluding carboxylic acids is 2. The maximum atomic E-state index is 11.5. The molecule has 0 atom stereocenters. The van der Waals surface area contributed by atoms with Crippen LogP contribution in [0.3, 0.4) is 0 Å². The molecule has 0 radical (unpaired) electrons. The summed E-state index contributed by atoms with van der Waals surface area (Å²) in [5.41, 5.74) is 7.08. The molecule has 0 unspecified atom stereocenters. The van der Waals surface area contributed by atoms with E-state index in [4.69, 9.17) is 15.2 Å². The number of hydrogen-bond acceptors (Lipinski definition) is 7. The minimum absolute atomic E-state index is 0.210. The second-order valence-corrected chi connectivity index (χ2v) is 6.59. The van der Waals surface area contributed by atoms with E-state index < -0.39 is 11.9 Å². The fourth-order valence-corrected chi connectivity index (χ4v) is 2.50. The van der Waals surface area contributed by atoms with Crippen LogP contribution in [-0.2, 0) is 19.1 Å². The van der Waals surface area contributed by atoms with Crippen molar-refractivity contribution in [3.8, 4) is 0 Å². The molecule has 0 spiro atoms. The highest BCUT2D eigenvalue weighted by atomic mass is 32.2. The lowest BCUT2D eigenvalue weighted by molar-refractivity contribution is -0.139. The van der Waals surface area contributed by atoms with Gasteiger partial charge in [-0.25, -0.2) is 13.9 Å². The predicted octanol–water partition coefficient (Wildman–Crippen LogP) is 2.82. The molecular weight excluding hydrogens is 340 g/mol. The molecule has 0 fully saturated rings. The molecule has 25 heavy (non-hydrogen) atoms. The van der Waals surface area contributed by atoms with E-state index in [1.807, 2.05) is 28.6 Å². The van der Waals surface area contributed by atoms with Gasteiger partial charge in [-0.1, -0.05) is 13.2 Å². The van der Waals surface area contributed by atoms with Crippen molar-refractivity contribution in [1.29, 1.82) is 0 Å². The number of hydrogen-bond donors (Lipinski definition) is 1. The van der Waals surface area contributed by atoms with E-state index in [9.17, 15) is 9.59 Å². The summed E-state index contributed by atoms with van der Waals surface area (Å²) in [7, 11) is 0. The van der Waals surface area contributed by atoms with Crippen molar-refractivity contribution in [2.45, 2.75) is 18.7 Å². The third-order valence-electron chi connectivity index (χ3n) is 2.96. The normalized spacial score (nSPS) is 10.4. The van der Waals surface area contributed by atoms with Crippen LogP contribution in [0.25, 0.3) is 0 Å². The highest BCUT2D eigenvalue weighted by molar-refractivity contribution is 7.97. The molecule has 1 aromatic carbocycles. The summed E-state index contributed by atoms with van der Waals surface area (Å²) >= 11 is 1.47. The first kappa shape index (κ1) is 20.8. The Kier molecular flexibility index (Phi) is 8.80. The Balaban J connectivity index is 2.57. The number of nitrogens with two attached hydrogens (primary N) is 1. The van der Waals surface area contributed by atoms with Crippen molar-refractivity contribution in [2.24, 2.45) is 0 Å². The molecule has 1 aromatic rings. The molecule has 136 valence electrons. The summed E-state index contributed by atoms with van der Waals surface area (Å²) in [5, 5.41) is 0. The zero-order valence-corrected chi connectivity index (χ0v) is 15.4. The van der Waals surface area contributed by atoms with Crippen LogP contribution in [0.15, 0.2) is 53.5 Å². The second-order valence-electron chi connectivity index (χ2n) is 5.42. The molecule has 0 saturated heterocycles. The van der Waals surface area contributed by atoms with Crippen LogP contribution >= 0.6 is 11.9 Å². The van der Waals surface area contributed by atoms with E-state index in [2.05, 4.69) is 13.2 Å². The highest BCUT2D eigenvalue weighted by Crippen LogP contribution is 2.23. The van der Waals surface area contributed by atoms with Crippen LogP contribution in [0.5, 0.6) is 0 Å². The summed E-state index contributed by atoms with van der Waals surface area (Å²) in [4.78, 5) is 23.9. The van der Waals surface area contributed by atoms with E-state index in [0.717, 1.165) is 4.90 Å². The number of ether oxygens (including phenoxy) is 2. The Morgan fingerprint density at radius 3 is 1.84 bits per heavy atom. The van der Waals surface area contributed by atoms with Gasteiger partial charge in [-0.15, -0.1) is 0 Å². The molecule has 0 aromatic heterocycles. The Hall–Kier alpha value is -2.25. The Morgan fingerprint density at radius 1 is 1.00 bits per heavy atom. The van der Waals surface area contributed by atoms with Crippen LogP contribution in [0, 0.1) is 0 Å². The van der Waals surface area contributed by atoms with Gasteiger partial charge in [0.2, 0.25) is 0 Å². The molecule has 2 N–H and O–H groups in total. The molecule has 0 bridgehead atoms. The van der Waals surface area contributed by atoms with E-state index in [-0.39, 0.29) is 13.2 Å². The molecule has 6 nitrogen and oxygen atoms in total. The van der Waals surface area contributed by atoms with E-state index in [1.54, 1.807) is 13.8 Å². The van der Waals surface area contributed by atoms with Crippen molar-refractivity contribution in [2.75, 3.05) is 32.0 Å². The topological polar surface area (TPSA) is 81.9 Å². The number of nitrogens with zero attached hydrogens (tertiary/aromatic N) is 1. The molecule has 1 rings (SSSR count). The van der Waals surface area contributed by atoms with E-state index >= 15 is 0 Å². The van der Waals surface area contributed by atoms with Crippen molar-refractivity contribution < 1.29 is 19.1 Å². The Labute approximate surface area is 152 Å². The van der Waals surface area contributed by atoms with Gasteiger partial charge in [0.1, 0.15) is 13.2 Å². The summed E-state index contributed by atoms with van der Waals surface area (Å²) in [6.45, 7) is 11.6. The van der Waals surface area contributed by atoms with Crippen LogP contribution < -0.4 is 5.73 Å². The van der Waals surface area contributed by atoms with Gasteiger partial charge in [-0.2, -0.15) is 0 Å². The summed E-state index contributed by atoms with van der Waals surface area (Å²) in [6, 6.07) is 7.41. The first-order valence-electron chi connectivity index (χ1n) is 7.73. The number of rotatable bonds is 10. The van der Waals surface area contributed by atoms with Crippen molar-refractivity contribution >= 4 is 29.6 Å². The predicted molar refractivity (Wildman–Crippen MR) is 99.8 cm³/mol. The third-order valence-corrected chi connectivity index (χ3v) is 4.07. The lowest BCUT2D eigenvalue weighted by atomic mass is 10.3. The lowest BCUT2D eigenvalue weighted by Gasteiger charge is -2.21. The average Bonchev–Trinajstić information content (AvgIpc) is 2.56. The molecule has 0 saturated carbocycles. The van der Waals surface area contributed by atoms with E-state index in [0.29, 0.717) is 29.9 Å². The SMILES string of the molecule is C=C(C)C(=O)OCCN(CCOC(=O)C(=C)C)Sc1ccc(N)cc1. The van der Waals surface area contributed by atoms with Crippen molar-refractivity contribution in [3.05, 3.63) is 48.6 Å². The van der Waals surface area contributed by atoms with Crippen LogP contribution in [-0.4, -0.2) is 42.5 Å². The van der Waals surface area contributed by atoms with Crippen LogP contribution in [0.1, 0.15) is 13.8 Å². The molecule has 0 aliphatic rings. The summed E-state index contributed by atoms with van der Waals surface area (Å²) < 4.78 is 12.2. The molecule has 0 amide bonds. The number of nitrogen functional groups attached to an aromatic ring is 1. The molecule has 0 heterocycles. The number of anilines is 1. The van der Waals surface area contributed by atoms with Gasteiger partial charge in [0.15, 0.2) is 0 Å². The van der Waals surface area contributed by atoms with Gasteiger partial charge >= 0.3 is 11.9 Å². The minimum atomic E-state index is -0.425. The van der Waals surface area contributed by atoms with Gasteiger partial charge in [0.25, 0.3) is 0 Å². The largest absolute Gasteiger partial charge is 0.461 e. The quantitative estimate of drug-likeness (QED) is 0.296. The maximum Gasteiger partial charge on any atom is 0.333 e. The fourth-order valence-electron chi connectivity index (χ4n) is 1.61. The Morgan fingerprint density at radius 2 is 1.44 bits per heavy atom. The number of carbonyl (C=O) groups is 2. The number of benzene rings is 1. The molecule has 0 aliphatic carbocycles. The summed E-state index contributed by atoms with van der Waals surface area (Å²) in [6.07, 6.45) is 0. The zero-order valence-electron chi connectivity index (χ0n) is 14.6. The van der Waals surface area contributed by atoms with Gasteiger partial charge in [0.05, 0.1) is 0 Å². The van der Waals surface area contributed by atoms with Crippen LogP contribution in [0.2, 0.25) is 0 Å². The van der Waals surface area contributed by atoms with Gasteiger partial charge in [-0.05, 0) is 50.1 Å². The smallest absolute Gasteiger partial charge is 0.333 e. The Bertz CT molecular complexity index is 596. The molecular formula is C18H24N2O4S. The van der Waals surface area contributed by atoms with Gasteiger partial charge < -0.3 is 15.2 Å². The zero-order chi connectivity index (χ0) is 18.8. The van der Waals surface area contributed by atoms with Crippen LogP contribution in [0.4, 0.5) is 5.69 Å². The first-order chi connectivity index (χ1) is 11.8. The van der Waals surface area contributed by atoms with Gasteiger partial charge in [0, 0.05) is 34.8 Å². The average molecular weight is 364 g/mol. The standard InChI is InChI=1S/C18H24N2O4S/c1-13(2)17(21)23-11-9-20(10-12-24-18(22)14(3)4)25-16-7-5-15(19)6-8-16/h5-8H,1,3,9-12,19H2,2,4H3. The first-order valence-corrected chi connectivity index (χ1v) is 8.50. The monoisotopic (exact) mass is 364 g/mol. The highest BCUT2D eigenvalue weighted by Gasteiger charge is 2.11. The second kappa shape index (κ2) is 10.6. The van der Waals surface area contributed by atoms with Crippen molar-refractivity contribution in [1.82, 2.24) is 4.31 Å².